The van der Waals surface area contributed by atoms with Crippen molar-refractivity contribution < 1.29 is 19.2 Å². The summed E-state index contributed by atoms with van der Waals surface area (Å²) in [5.74, 6) is -0.849. The maximum atomic E-state index is 11.2. The number of ether oxygens (including phenoxy) is 1. The molecule has 0 saturated carbocycles. The van der Waals surface area contributed by atoms with Crippen molar-refractivity contribution in [3.05, 3.63) is 12.7 Å². The Morgan fingerprint density at radius 1 is 1.77 bits per heavy atom. The van der Waals surface area contributed by atoms with Crippen LogP contribution in [0.25, 0.3) is 0 Å². The molecule has 1 atom stereocenters. The van der Waals surface area contributed by atoms with E-state index in [0.717, 1.165) is 11.1 Å². The number of nitrogens with zero attached hydrogens (tertiary/aromatic N) is 1. The molecule has 2 saturated heterocycles. The molecule has 0 aliphatic carbocycles. The first kappa shape index (κ1) is 8.25. The van der Waals surface area contributed by atoms with Gasteiger partial charge in [-0.15, -0.1) is 5.06 Å². The number of hydroxylamine groups is 2. The fraction of sp³-hybridized carbons (Fsp3) is 0.500. The SMILES string of the molecule is C=CC(=O)ON1C(=O)CCC12CO2. The van der Waals surface area contributed by atoms with Gasteiger partial charge in [0.25, 0.3) is 5.91 Å². The maximum absolute atomic E-state index is 11.2. The van der Waals surface area contributed by atoms with E-state index >= 15 is 0 Å². The minimum atomic E-state index is -0.643. The molecule has 0 bridgehead atoms. The van der Waals surface area contributed by atoms with Crippen molar-refractivity contribution in [1.29, 1.82) is 0 Å². The van der Waals surface area contributed by atoms with Crippen LogP contribution in [0.4, 0.5) is 0 Å². The van der Waals surface area contributed by atoms with Crippen LogP contribution in [0.2, 0.25) is 0 Å². The molecule has 0 radical (unpaired) electrons. The Morgan fingerprint density at radius 2 is 2.46 bits per heavy atom. The van der Waals surface area contributed by atoms with Crippen LogP contribution in [0.3, 0.4) is 0 Å². The van der Waals surface area contributed by atoms with Gasteiger partial charge in [-0.2, -0.15) is 0 Å². The lowest BCUT2D eigenvalue weighted by Gasteiger charge is -2.18. The van der Waals surface area contributed by atoms with Crippen molar-refractivity contribution in [2.24, 2.45) is 0 Å². The third-order valence-electron chi connectivity index (χ3n) is 2.15. The highest BCUT2D eigenvalue weighted by Gasteiger charge is 2.59. The molecule has 2 aliphatic heterocycles. The van der Waals surface area contributed by atoms with E-state index < -0.39 is 11.7 Å². The van der Waals surface area contributed by atoms with Crippen LogP contribution in [0.5, 0.6) is 0 Å². The second-order valence-electron chi connectivity index (χ2n) is 3.04. The first-order valence-electron chi connectivity index (χ1n) is 3.99. The Balaban J connectivity index is 2.07. The Hall–Kier alpha value is -1.36. The van der Waals surface area contributed by atoms with Crippen LogP contribution in [0.1, 0.15) is 12.8 Å². The minimum absolute atomic E-state index is 0.215. The monoisotopic (exact) mass is 183 g/mol. The number of carbonyl (C=O) groups excluding carboxylic acids is 2. The first-order chi connectivity index (χ1) is 6.18. The quantitative estimate of drug-likeness (QED) is 0.446. The molecule has 5 nitrogen and oxygen atoms in total. The van der Waals surface area contributed by atoms with Crippen LogP contribution in [0, 0.1) is 0 Å². The van der Waals surface area contributed by atoms with Gasteiger partial charge in [0.2, 0.25) is 5.72 Å². The van der Waals surface area contributed by atoms with Gasteiger partial charge < -0.3 is 9.57 Å². The number of amides is 1. The zero-order valence-electron chi connectivity index (χ0n) is 6.99. The lowest BCUT2D eigenvalue weighted by Crippen LogP contribution is -2.37. The highest BCUT2D eigenvalue weighted by atomic mass is 16.8. The number of carbonyl (C=O) groups is 2. The van der Waals surface area contributed by atoms with Crippen LogP contribution >= 0.6 is 0 Å². The van der Waals surface area contributed by atoms with Gasteiger partial charge >= 0.3 is 5.97 Å². The minimum Gasteiger partial charge on any atom is -0.345 e. The molecular formula is C8H9NO4. The standard InChI is InChI=1S/C8H9NO4/c1-2-7(11)13-9-6(10)3-4-8(9)5-12-8/h2H,1,3-5H2. The highest BCUT2D eigenvalue weighted by molar-refractivity contribution is 5.85. The lowest BCUT2D eigenvalue weighted by atomic mass is 10.2. The number of hydrogen-bond acceptors (Lipinski definition) is 4. The van der Waals surface area contributed by atoms with Gasteiger partial charge in [0.1, 0.15) is 6.61 Å². The summed E-state index contributed by atoms with van der Waals surface area (Å²) in [6, 6.07) is 0. The third-order valence-corrected chi connectivity index (χ3v) is 2.15. The van der Waals surface area contributed by atoms with E-state index in [4.69, 9.17) is 9.57 Å². The zero-order valence-corrected chi connectivity index (χ0v) is 6.99. The summed E-state index contributed by atoms with van der Waals surface area (Å²) in [6.45, 7) is 3.69. The second-order valence-corrected chi connectivity index (χ2v) is 3.04. The molecule has 5 heteroatoms. The Morgan fingerprint density at radius 3 is 3.00 bits per heavy atom. The molecule has 2 heterocycles. The predicted molar refractivity (Wildman–Crippen MR) is 41.1 cm³/mol. The second kappa shape index (κ2) is 2.56. The molecule has 70 valence electrons. The molecule has 0 N–H and O–H groups in total. The normalized spacial score (nSPS) is 30.8. The third kappa shape index (κ3) is 1.21. The smallest absolute Gasteiger partial charge is 0.345 e. The number of epoxide rings is 1. The summed E-state index contributed by atoms with van der Waals surface area (Å²) < 4.78 is 5.08. The van der Waals surface area contributed by atoms with Gasteiger partial charge in [-0.3, -0.25) is 4.79 Å². The summed E-state index contributed by atoms with van der Waals surface area (Å²) >= 11 is 0. The van der Waals surface area contributed by atoms with Crippen molar-refractivity contribution in [2.45, 2.75) is 18.6 Å². The molecular weight excluding hydrogens is 174 g/mol. The van der Waals surface area contributed by atoms with Crippen molar-refractivity contribution in [1.82, 2.24) is 5.06 Å². The van der Waals surface area contributed by atoms with Crippen molar-refractivity contribution in [3.63, 3.8) is 0 Å². The van der Waals surface area contributed by atoms with Gasteiger partial charge in [-0.05, 0) is 0 Å². The van der Waals surface area contributed by atoms with Crippen molar-refractivity contribution in [3.8, 4) is 0 Å². The van der Waals surface area contributed by atoms with Gasteiger partial charge in [0.15, 0.2) is 0 Å². The first-order valence-corrected chi connectivity index (χ1v) is 3.99. The van der Waals surface area contributed by atoms with E-state index in [1.807, 2.05) is 0 Å². The molecule has 0 aromatic heterocycles. The number of hydrogen-bond donors (Lipinski definition) is 0. The van der Waals surface area contributed by atoms with Gasteiger partial charge in [0.05, 0.1) is 0 Å². The molecule has 1 unspecified atom stereocenters. The van der Waals surface area contributed by atoms with E-state index in [0.29, 0.717) is 19.4 Å². The number of rotatable bonds is 2. The molecule has 2 rings (SSSR count). The van der Waals surface area contributed by atoms with E-state index in [2.05, 4.69) is 6.58 Å². The van der Waals surface area contributed by atoms with Crippen LogP contribution in [-0.2, 0) is 19.2 Å². The lowest BCUT2D eigenvalue weighted by molar-refractivity contribution is -0.207. The van der Waals surface area contributed by atoms with E-state index in [9.17, 15) is 9.59 Å². The predicted octanol–water partition coefficient (Wildman–Crippen LogP) is -0.0205. The summed E-state index contributed by atoms with van der Waals surface area (Å²) in [5.41, 5.74) is -0.643. The summed E-state index contributed by atoms with van der Waals surface area (Å²) in [7, 11) is 0. The van der Waals surface area contributed by atoms with Crippen LogP contribution in [0.15, 0.2) is 12.7 Å². The molecule has 2 aliphatic rings. The van der Waals surface area contributed by atoms with Crippen molar-refractivity contribution >= 4 is 11.9 Å². The van der Waals surface area contributed by atoms with Gasteiger partial charge in [-0.25, -0.2) is 4.79 Å². The van der Waals surface area contributed by atoms with E-state index in [-0.39, 0.29) is 5.91 Å². The van der Waals surface area contributed by atoms with Gasteiger partial charge in [-0.1, -0.05) is 6.58 Å². The topological polar surface area (TPSA) is 59.1 Å². The molecule has 0 aromatic carbocycles. The van der Waals surface area contributed by atoms with Crippen molar-refractivity contribution in [2.75, 3.05) is 6.61 Å². The Kier molecular flexibility index (Phi) is 1.63. The Bertz CT molecular complexity index is 282. The van der Waals surface area contributed by atoms with Crippen LogP contribution in [-0.4, -0.2) is 29.3 Å². The van der Waals surface area contributed by atoms with E-state index in [1.165, 1.54) is 0 Å². The van der Waals surface area contributed by atoms with Crippen LogP contribution < -0.4 is 0 Å². The largest absolute Gasteiger partial charge is 0.355 e. The van der Waals surface area contributed by atoms with Gasteiger partial charge in [0, 0.05) is 18.9 Å². The molecule has 2 fully saturated rings. The maximum Gasteiger partial charge on any atom is 0.355 e. The zero-order chi connectivity index (χ0) is 9.47. The molecule has 1 spiro atoms. The summed E-state index contributed by atoms with van der Waals surface area (Å²) in [5, 5.41) is 1.02. The summed E-state index contributed by atoms with van der Waals surface area (Å²) in [4.78, 5) is 26.8. The fourth-order valence-corrected chi connectivity index (χ4v) is 1.34. The molecule has 0 aromatic rings. The highest BCUT2D eigenvalue weighted by Crippen LogP contribution is 2.41. The average Bonchev–Trinajstić information content (AvgIpc) is 2.84. The molecule has 1 amide bonds. The molecule has 13 heavy (non-hydrogen) atoms. The van der Waals surface area contributed by atoms with E-state index in [1.54, 1.807) is 0 Å². The fourth-order valence-electron chi connectivity index (χ4n) is 1.34. The Labute approximate surface area is 74.9 Å². The average molecular weight is 183 g/mol. The summed E-state index contributed by atoms with van der Waals surface area (Å²) in [6.07, 6.45) is 1.97.